The van der Waals surface area contributed by atoms with Crippen molar-refractivity contribution in [3.8, 4) is 5.75 Å². The van der Waals surface area contributed by atoms with E-state index >= 15 is 0 Å². The van der Waals surface area contributed by atoms with E-state index in [1.54, 1.807) is 20.1 Å². The molecule has 0 aliphatic rings. The molecule has 0 saturated carbocycles. The number of ether oxygens (including phenoxy) is 1. The number of para-hydroxylation sites is 1. The van der Waals surface area contributed by atoms with Crippen LogP contribution in [0.25, 0.3) is 0 Å². The van der Waals surface area contributed by atoms with Crippen LogP contribution in [-0.4, -0.2) is 34.2 Å². The molecule has 0 heterocycles. The average Bonchev–Trinajstić information content (AvgIpc) is 2.61. The first-order chi connectivity index (χ1) is 12.6. The third-order valence-electron chi connectivity index (χ3n) is 3.85. The van der Waals surface area contributed by atoms with Gasteiger partial charge in [0.1, 0.15) is 12.3 Å². The second-order valence-corrected chi connectivity index (χ2v) is 8.65. The number of carbonyl (C=O) groups is 1. The fourth-order valence-corrected chi connectivity index (χ4v) is 3.87. The fraction of sp³-hybridized carbons (Fsp3) is 0.278. The number of benzene rings is 2. The zero-order valence-corrected chi connectivity index (χ0v) is 17.4. The minimum absolute atomic E-state index is 0.145. The maximum atomic E-state index is 12.5. The Morgan fingerprint density at radius 2 is 1.89 bits per heavy atom. The number of anilines is 1. The maximum absolute atomic E-state index is 12.5. The molecule has 27 heavy (non-hydrogen) atoms. The van der Waals surface area contributed by atoms with Gasteiger partial charge in [0.15, 0.2) is 0 Å². The van der Waals surface area contributed by atoms with Gasteiger partial charge in [-0.1, -0.05) is 41.4 Å². The number of carbonyl (C=O) groups excluding carboxylic acids is 1. The lowest BCUT2D eigenvalue weighted by molar-refractivity contribution is -0.120. The monoisotopic (exact) mass is 430 g/mol. The van der Waals surface area contributed by atoms with Crippen LogP contribution < -0.4 is 14.4 Å². The largest absolute Gasteiger partial charge is 0.496 e. The molecular weight excluding hydrogens is 411 g/mol. The first-order valence-corrected chi connectivity index (χ1v) is 10.6. The highest BCUT2D eigenvalue weighted by molar-refractivity contribution is 7.92. The molecule has 2 aromatic rings. The van der Waals surface area contributed by atoms with Gasteiger partial charge in [0, 0.05) is 10.6 Å². The zero-order chi connectivity index (χ0) is 20.2. The molecule has 0 fully saturated rings. The summed E-state index contributed by atoms with van der Waals surface area (Å²) >= 11 is 12.1. The summed E-state index contributed by atoms with van der Waals surface area (Å²) in [6, 6.07) is 11.3. The number of nitrogens with zero attached hydrogens (tertiary/aromatic N) is 1. The predicted molar refractivity (Wildman–Crippen MR) is 108 cm³/mol. The molecule has 6 nitrogen and oxygen atoms in total. The molecule has 1 amide bonds. The Morgan fingerprint density at radius 3 is 2.52 bits per heavy atom. The van der Waals surface area contributed by atoms with Crippen molar-refractivity contribution in [3.05, 3.63) is 58.1 Å². The van der Waals surface area contributed by atoms with Gasteiger partial charge < -0.3 is 10.1 Å². The molecule has 0 aliphatic carbocycles. The molecule has 0 radical (unpaired) electrons. The molecule has 0 bridgehead atoms. The van der Waals surface area contributed by atoms with Crippen molar-refractivity contribution in [2.75, 3.05) is 24.2 Å². The standard InChI is InChI=1S/C18H20Cl2N2O4S/c1-12(14-6-4-5-7-17(14)26-2)21-18(23)11-22(27(3,24)25)16-10-13(19)8-9-15(16)20/h4-10,12H,11H2,1-3H3,(H,21,23)/t12-/m1/s1. The van der Waals surface area contributed by atoms with Crippen LogP contribution >= 0.6 is 23.2 Å². The van der Waals surface area contributed by atoms with Gasteiger partial charge in [0.25, 0.3) is 0 Å². The average molecular weight is 431 g/mol. The Balaban J connectivity index is 2.23. The Kier molecular flexibility index (Phi) is 6.97. The summed E-state index contributed by atoms with van der Waals surface area (Å²) in [5.41, 5.74) is 0.923. The van der Waals surface area contributed by atoms with Gasteiger partial charge in [0.05, 0.1) is 30.1 Å². The highest BCUT2D eigenvalue weighted by Crippen LogP contribution is 2.30. The van der Waals surface area contributed by atoms with E-state index < -0.39 is 22.5 Å². The lowest BCUT2D eigenvalue weighted by Crippen LogP contribution is -2.41. The molecule has 0 saturated heterocycles. The number of nitrogens with one attached hydrogen (secondary N) is 1. The van der Waals surface area contributed by atoms with Crippen molar-refractivity contribution in [3.63, 3.8) is 0 Å². The Bertz CT molecular complexity index is 935. The van der Waals surface area contributed by atoms with Crippen LogP contribution in [0.4, 0.5) is 5.69 Å². The molecule has 0 aliphatic heterocycles. The summed E-state index contributed by atoms with van der Waals surface area (Å²) in [7, 11) is -2.22. The van der Waals surface area contributed by atoms with Gasteiger partial charge >= 0.3 is 0 Å². The van der Waals surface area contributed by atoms with Crippen molar-refractivity contribution in [1.29, 1.82) is 0 Å². The highest BCUT2D eigenvalue weighted by atomic mass is 35.5. The number of sulfonamides is 1. The van der Waals surface area contributed by atoms with E-state index in [-0.39, 0.29) is 16.8 Å². The van der Waals surface area contributed by atoms with Crippen LogP contribution in [-0.2, 0) is 14.8 Å². The maximum Gasteiger partial charge on any atom is 0.241 e. The number of amides is 1. The van der Waals surface area contributed by atoms with Crippen molar-refractivity contribution in [2.45, 2.75) is 13.0 Å². The van der Waals surface area contributed by atoms with Crippen LogP contribution in [0.2, 0.25) is 10.0 Å². The Morgan fingerprint density at radius 1 is 1.22 bits per heavy atom. The quantitative estimate of drug-likeness (QED) is 0.726. The summed E-state index contributed by atoms with van der Waals surface area (Å²) in [5, 5.41) is 3.26. The second kappa shape index (κ2) is 8.82. The van der Waals surface area contributed by atoms with Crippen LogP contribution in [0.3, 0.4) is 0 Å². The lowest BCUT2D eigenvalue weighted by atomic mass is 10.1. The van der Waals surface area contributed by atoms with E-state index in [1.807, 2.05) is 18.2 Å². The van der Waals surface area contributed by atoms with E-state index in [0.717, 1.165) is 16.1 Å². The molecule has 1 N–H and O–H groups in total. The summed E-state index contributed by atoms with van der Waals surface area (Å²) < 4.78 is 30.6. The van der Waals surface area contributed by atoms with Crippen LogP contribution in [0, 0.1) is 0 Å². The van der Waals surface area contributed by atoms with E-state index in [9.17, 15) is 13.2 Å². The third kappa shape index (κ3) is 5.51. The molecule has 9 heteroatoms. The van der Waals surface area contributed by atoms with Gasteiger partial charge in [-0.25, -0.2) is 8.42 Å². The second-order valence-electron chi connectivity index (χ2n) is 5.90. The highest BCUT2D eigenvalue weighted by Gasteiger charge is 2.24. The molecule has 1 atom stereocenters. The molecule has 2 aromatic carbocycles. The molecule has 0 spiro atoms. The summed E-state index contributed by atoms with van der Waals surface area (Å²) in [4.78, 5) is 12.5. The molecule has 0 aromatic heterocycles. The lowest BCUT2D eigenvalue weighted by Gasteiger charge is -2.24. The van der Waals surface area contributed by atoms with Crippen LogP contribution in [0.5, 0.6) is 5.75 Å². The Labute approximate surface area is 169 Å². The van der Waals surface area contributed by atoms with Crippen molar-refractivity contribution < 1.29 is 17.9 Å². The number of rotatable bonds is 7. The minimum Gasteiger partial charge on any atom is -0.496 e. The summed E-state index contributed by atoms with van der Waals surface area (Å²) in [6.07, 6.45) is 1.00. The summed E-state index contributed by atoms with van der Waals surface area (Å²) in [6.45, 7) is 1.35. The molecule has 2 rings (SSSR count). The summed E-state index contributed by atoms with van der Waals surface area (Å²) in [5.74, 6) is 0.137. The van der Waals surface area contributed by atoms with Crippen molar-refractivity contribution in [2.24, 2.45) is 0 Å². The van der Waals surface area contributed by atoms with Gasteiger partial charge in [-0.15, -0.1) is 0 Å². The van der Waals surface area contributed by atoms with E-state index in [1.165, 1.54) is 18.2 Å². The van der Waals surface area contributed by atoms with Gasteiger partial charge in [0.2, 0.25) is 15.9 Å². The first kappa shape index (κ1) is 21.3. The van der Waals surface area contributed by atoms with E-state index in [4.69, 9.17) is 27.9 Å². The SMILES string of the molecule is COc1ccccc1[C@@H](C)NC(=O)CN(c1cc(Cl)ccc1Cl)S(C)(=O)=O. The molecular formula is C18H20Cl2N2O4S. The number of methoxy groups -OCH3 is 1. The normalized spacial score (nSPS) is 12.3. The van der Waals surface area contributed by atoms with E-state index in [2.05, 4.69) is 5.32 Å². The molecule has 146 valence electrons. The first-order valence-electron chi connectivity index (χ1n) is 7.98. The van der Waals surface area contributed by atoms with Crippen LogP contribution in [0.1, 0.15) is 18.5 Å². The van der Waals surface area contributed by atoms with E-state index in [0.29, 0.717) is 10.8 Å². The van der Waals surface area contributed by atoms with Gasteiger partial charge in [-0.05, 0) is 31.2 Å². The number of hydrogen-bond donors (Lipinski definition) is 1. The van der Waals surface area contributed by atoms with Crippen LogP contribution in [0.15, 0.2) is 42.5 Å². The number of halogens is 2. The molecule has 0 unspecified atom stereocenters. The Hall–Kier alpha value is -1.96. The number of hydrogen-bond acceptors (Lipinski definition) is 4. The van der Waals surface area contributed by atoms with Crippen molar-refractivity contribution in [1.82, 2.24) is 5.32 Å². The third-order valence-corrected chi connectivity index (χ3v) is 5.53. The van der Waals surface area contributed by atoms with Gasteiger partial charge in [-0.2, -0.15) is 0 Å². The minimum atomic E-state index is -3.76. The zero-order valence-electron chi connectivity index (χ0n) is 15.1. The smallest absolute Gasteiger partial charge is 0.241 e. The predicted octanol–water partition coefficient (Wildman–Crippen LogP) is 3.65. The fourth-order valence-electron chi connectivity index (χ4n) is 2.58. The van der Waals surface area contributed by atoms with Crippen molar-refractivity contribution >= 4 is 44.8 Å². The van der Waals surface area contributed by atoms with Gasteiger partial charge in [-0.3, -0.25) is 9.10 Å². The topological polar surface area (TPSA) is 75.7 Å².